The maximum absolute atomic E-state index is 5.40. The molecule has 5 nitrogen and oxygen atoms in total. The molecule has 0 aliphatic carbocycles. The molecule has 5 heteroatoms. The minimum atomic E-state index is 0.453. The van der Waals surface area contributed by atoms with Gasteiger partial charge in [-0.1, -0.05) is 13.8 Å². The highest BCUT2D eigenvalue weighted by molar-refractivity contribution is 5.39. The molecule has 3 heterocycles. The Labute approximate surface area is 114 Å². The largest absolute Gasteiger partial charge is 0.378 e. The van der Waals surface area contributed by atoms with Crippen LogP contribution in [-0.4, -0.2) is 42.8 Å². The van der Waals surface area contributed by atoms with Crippen LogP contribution < -0.4 is 10.2 Å². The maximum Gasteiger partial charge on any atom is 0.226 e. The van der Waals surface area contributed by atoms with Crippen LogP contribution in [-0.2, 0) is 17.7 Å². The van der Waals surface area contributed by atoms with Crippen LogP contribution in [0, 0.1) is 0 Å². The molecule has 2 aliphatic rings. The van der Waals surface area contributed by atoms with Gasteiger partial charge in [0.2, 0.25) is 5.95 Å². The minimum Gasteiger partial charge on any atom is -0.378 e. The van der Waals surface area contributed by atoms with Crippen LogP contribution in [0.2, 0.25) is 0 Å². The SMILES string of the molecule is CC(C)c1nc(N2CCOCC2)nc2c1CCNC2. The van der Waals surface area contributed by atoms with Crippen molar-refractivity contribution in [2.45, 2.75) is 32.7 Å². The Bertz CT molecular complexity index is 455. The molecule has 1 fully saturated rings. The highest BCUT2D eigenvalue weighted by Gasteiger charge is 2.22. The van der Waals surface area contributed by atoms with E-state index in [-0.39, 0.29) is 0 Å². The van der Waals surface area contributed by atoms with Crippen molar-refractivity contribution < 1.29 is 4.74 Å². The molecule has 0 spiro atoms. The van der Waals surface area contributed by atoms with E-state index in [4.69, 9.17) is 14.7 Å². The van der Waals surface area contributed by atoms with Crippen LogP contribution in [0.4, 0.5) is 5.95 Å². The zero-order valence-electron chi connectivity index (χ0n) is 11.8. The molecule has 0 unspecified atom stereocenters. The number of nitrogens with zero attached hydrogens (tertiary/aromatic N) is 3. The number of anilines is 1. The molecule has 1 saturated heterocycles. The van der Waals surface area contributed by atoms with E-state index in [9.17, 15) is 0 Å². The molecular formula is C14H22N4O. The Morgan fingerprint density at radius 1 is 1.21 bits per heavy atom. The van der Waals surface area contributed by atoms with Crippen molar-refractivity contribution in [2.24, 2.45) is 0 Å². The quantitative estimate of drug-likeness (QED) is 0.864. The monoisotopic (exact) mass is 262 g/mol. The first-order chi connectivity index (χ1) is 9.25. The topological polar surface area (TPSA) is 50.3 Å². The fourth-order valence-corrected chi connectivity index (χ4v) is 2.76. The number of hydrogen-bond acceptors (Lipinski definition) is 5. The van der Waals surface area contributed by atoms with Gasteiger partial charge >= 0.3 is 0 Å². The Hall–Kier alpha value is -1.20. The first-order valence-corrected chi connectivity index (χ1v) is 7.19. The lowest BCUT2D eigenvalue weighted by atomic mass is 9.97. The van der Waals surface area contributed by atoms with Crippen LogP contribution in [0.5, 0.6) is 0 Å². The van der Waals surface area contributed by atoms with E-state index in [0.717, 1.165) is 51.8 Å². The molecule has 0 amide bonds. The number of fused-ring (bicyclic) bond motifs is 1. The Balaban J connectivity index is 1.98. The third-order valence-corrected chi connectivity index (χ3v) is 3.80. The van der Waals surface area contributed by atoms with Crippen molar-refractivity contribution in [3.63, 3.8) is 0 Å². The van der Waals surface area contributed by atoms with E-state index in [1.807, 2.05) is 0 Å². The number of morpholine rings is 1. The summed E-state index contributed by atoms with van der Waals surface area (Å²) in [5.74, 6) is 1.34. The summed E-state index contributed by atoms with van der Waals surface area (Å²) in [5, 5.41) is 3.40. The lowest BCUT2D eigenvalue weighted by molar-refractivity contribution is 0.122. The van der Waals surface area contributed by atoms with E-state index in [0.29, 0.717) is 5.92 Å². The predicted molar refractivity (Wildman–Crippen MR) is 74.6 cm³/mol. The molecule has 0 bridgehead atoms. The highest BCUT2D eigenvalue weighted by Crippen LogP contribution is 2.25. The molecule has 0 atom stereocenters. The lowest BCUT2D eigenvalue weighted by Crippen LogP contribution is -2.38. The van der Waals surface area contributed by atoms with Crippen LogP contribution in [0.1, 0.15) is 36.7 Å². The normalized spacial score (nSPS) is 19.6. The lowest BCUT2D eigenvalue weighted by Gasteiger charge is -2.29. The first kappa shape index (κ1) is 12.8. The standard InChI is InChI=1S/C14H22N4O/c1-10(2)13-11-3-4-15-9-12(11)16-14(17-13)18-5-7-19-8-6-18/h10,15H,3-9H2,1-2H3. The highest BCUT2D eigenvalue weighted by atomic mass is 16.5. The summed E-state index contributed by atoms with van der Waals surface area (Å²) in [6.07, 6.45) is 1.05. The third kappa shape index (κ3) is 2.58. The number of ether oxygens (including phenoxy) is 1. The molecule has 1 aromatic heterocycles. The first-order valence-electron chi connectivity index (χ1n) is 7.19. The van der Waals surface area contributed by atoms with Crippen molar-refractivity contribution in [1.29, 1.82) is 0 Å². The molecule has 19 heavy (non-hydrogen) atoms. The average molecular weight is 262 g/mol. The second kappa shape index (κ2) is 5.43. The summed E-state index contributed by atoms with van der Waals surface area (Å²) >= 11 is 0. The van der Waals surface area contributed by atoms with Crippen molar-refractivity contribution in [3.8, 4) is 0 Å². The average Bonchev–Trinajstić information content (AvgIpc) is 2.47. The molecule has 1 aromatic rings. The van der Waals surface area contributed by atoms with Gasteiger partial charge in [0.1, 0.15) is 0 Å². The van der Waals surface area contributed by atoms with Gasteiger partial charge in [0.05, 0.1) is 24.6 Å². The summed E-state index contributed by atoms with van der Waals surface area (Å²) in [5.41, 5.74) is 3.78. The van der Waals surface area contributed by atoms with E-state index >= 15 is 0 Å². The van der Waals surface area contributed by atoms with Gasteiger partial charge in [0, 0.05) is 19.6 Å². The summed E-state index contributed by atoms with van der Waals surface area (Å²) in [6, 6.07) is 0. The van der Waals surface area contributed by atoms with Crippen molar-refractivity contribution >= 4 is 5.95 Å². The molecule has 2 aliphatic heterocycles. The molecule has 0 radical (unpaired) electrons. The summed E-state index contributed by atoms with van der Waals surface area (Å²) < 4.78 is 5.40. The van der Waals surface area contributed by atoms with Crippen LogP contribution in [0.3, 0.4) is 0 Å². The molecular weight excluding hydrogens is 240 g/mol. The van der Waals surface area contributed by atoms with E-state index in [1.165, 1.54) is 17.0 Å². The van der Waals surface area contributed by atoms with Gasteiger partial charge in [0.25, 0.3) is 0 Å². The smallest absolute Gasteiger partial charge is 0.226 e. The molecule has 104 valence electrons. The van der Waals surface area contributed by atoms with E-state index in [1.54, 1.807) is 0 Å². The van der Waals surface area contributed by atoms with E-state index < -0.39 is 0 Å². The number of rotatable bonds is 2. The van der Waals surface area contributed by atoms with Gasteiger partial charge in [-0.3, -0.25) is 0 Å². The summed E-state index contributed by atoms with van der Waals surface area (Å²) in [6.45, 7) is 9.67. The molecule has 1 N–H and O–H groups in total. The summed E-state index contributed by atoms with van der Waals surface area (Å²) in [7, 11) is 0. The van der Waals surface area contributed by atoms with Gasteiger partial charge in [-0.2, -0.15) is 0 Å². The fourth-order valence-electron chi connectivity index (χ4n) is 2.76. The molecule has 0 saturated carbocycles. The fraction of sp³-hybridized carbons (Fsp3) is 0.714. The second-order valence-electron chi connectivity index (χ2n) is 5.51. The minimum absolute atomic E-state index is 0.453. The zero-order chi connectivity index (χ0) is 13.2. The Morgan fingerprint density at radius 3 is 2.74 bits per heavy atom. The molecule has 0 aromatic carbocycles. The van der Waals surface area contributed by atoms with Gasteiger partial charge in [0.15, 0.2) is 0 Å². The van der Waals surface area contributed by atoms with Crippen LogP contribution in [0.15, 0.2) is 0 Å². The maximum atomic E-state index is 5.40. The molecule has 3 rings (SSSR count). The van der Waals surface area contributed by atoms with E-state index in [2.05, 4.69) is 24.1 Å². The second-order valence-corrected chi connectivity index (χ2v) is 5.51. The number of nitrogens with one attached hydrogen (secondary N) is 1. The Morgan fingerprint density at radius 2 is 2.00 bits per heavy atom. The zero-order valence-corrected chi connectivity index (χ0v) is 11.8. The van der Waals surface area contributed by atoms with Gasteiger partial charge in [-0.25, -0.2) is 9.97 Å². The predicted octanol–water partition coefficient (Wildman–Crippen LogP) is 1.08. The van der Waals surface area contributed by atoms with Gasteiger partial charge < -0.3 is 15.0 Å². The van der Waals surface area contributed by atoms with Crippen molar-refractivity contribution in [1.82, 2.24) is 15.3 Å². The van der Waals surface area contributed by atoms with Crippen molar-refractivity contribution in [3.05, 3.63) is 17.0 Å². The van der Waals surface area contributed by atoms with Crippen LogP contribution >= 0.6 is 0 Å². The van der Waals surface area contributed by atoms with Gasteiger partial charge in [-0.15, -0.1) is 0 Å². The Kier molecular flexibility index (Phi) is 3.66. The van der Waals surface area contributed by atoms with Crippen molar-refractivity contribution in [2.75, 3.05) is 37.7 Å². The number of hydrogen-bond donors (Lipinski definition) is 1. The summed E-state index contributed by atoms with van der Waals surface area (Å²) in [4.78, 5) is 11.9. The number of aromatic nitrogens is 2. The van der Waals surface area contributed by atoms with Gasteiger partial charge in [-0.05, 0) is 24.4 Å². The van der Waals surface area contributed by atoms with Crippen LogP contribution in [0.25, 0.3) is 0 Å². The third-order valence-electron chi connectivity index (χ3n) is 3.80.